The molecule has 0 aromatic heterocycles. The van der Waals surface area contributed by atoms with Crippen molar-refractivity contribution in [1.29, 1.82) is 5.26 Å². The van der Waals surface area contributed by atoms with Crippen LogP contribution in [0.5, 0.6) is 0 Å². The first-order valence-electron chi connectivity index (χ1n) is 8.10. The van der Waals surface area contributed by atoms with Gasteiger partial charge in [0, 0.05) is 15.7 Å². The molecular formula is C19H9BrCl2F6N2. The largest absolute Gasteiger partial charge is 0.425 e. The minimum Gasteiger partial charge on any atom is -0.334 e. The van der Waals surface area contributed by atoms with E-state index in [1.807, 2.05) is 0 Å². The Hall–Kier alpha value is -1.89. The summed E-state index contributed by atoms with van der Waals surface area (Å²) >= 11 is 14.1. The Kier molecular flexibility index (Phi) is 5.82. The number of rotatable bonds is 2. The van der Waals surface area contributed by atoms with Crippen molar-refractivity contribution in [3.05, 3.63) is 74.2 Å². The van der Waals surface area contributed by atoms with Crippen molar-refractivity contribution in [1.82, 2.24) is 0 Å². The number of anilines is 1. The van der Waals surface area contributed by atoms with E-state index in [0.29, 0.717) is 0 Å². The third-order valence-electron chi connectivity index (χ3n) is 4.68. The van der Waals surface area contributed by atoms with E-state index in [4.69, 9.17) is 23.2 Å². The van der Waals surface area contributed by atoms with Crippen molar-refractivity contribution in [2.75, 3.05) is 4.90 Å². The fourth-order valence-electron chi connectivity index (χ4n) is 3.44. The monoisotopic (exact) mass is 528 g/mol. The molecule has 0 amide bonds. The van der Waals surface area contributed by atoms with Crippen LogP contribution in [0, 0.1) is 11.3 Å². The predicted octanol–water partition coefficient (Wildman–Crippen LogP) is 7.59. The number of hydrogen-bond acceptors (Lipinski definition) is 2. The Bertz CT molecular complexity index is 1010. The molecule has 30 heavy (non-hydrogen) atoms. The number of nitriles is 1. The summed E-state index contributed by atoms with van der Waals surface area (Å²) in [6.45, 7) is 0. The van der Waals surface area contributed by atoms with Crippen LogP contribution in [0.4, 0.5) is 32.0 Å². The lowest BCUT2D eigenvalue weighted by atomic mass is 9.95. The third kappa shape index (κ3) is 3.35. The van der Waals surface area contributed by atoms with Crippen LogP contribution in [-0.2, 0) is 0 Å². The number of benzene rings is 2. The normalized spacial score (nSPS) is 19.2. The number of hydrogen-bond donors (Lipinski definition) is 0. The molecule has 2 aromatic carbocycles. The minimum absolute atomic E-state index is 0.0261. The highest BCUT2D eigenvalue weighted by atomic mass is 79.9. The summed E-state index contributed by atoms with van der Waals surface area (Å²) in [5.41, 5.74) is -5.60. The summed E-state index contributed by atoms with van der Waals surface area (Å²) in [6.07, 6.45) is -11.7. The maximum atomic E-state index is 14.3. The van der Waals surface area contributed by atoms with Crippen molar-refractivity contribution in [2.45, 2.75) is 23.9 Å². The Morgan fingerprint density at radius 2 is 1.30 bits per heavy atom. The van der Waals surface area contributed by atoms with Crippen LogP contribution >= 0.6 is 39.1 Å². The molecule has 0 saturated carbocycles. The van der Waals surface area contributed by atoms with Crippen LogP contribution in [0.15, 0.2) is 58.6 Å². The highest BCUT2D eigenvalue weighted by Gasteiger charge is 2.79. The standard InChI is InChI=1S/C19H9BrCl2F6N2/c20-16-14(9-29)15(10-1-3-11(21)4-2-10)30(13-7-5-12(22)6-8-13)17(16,18(23,24)25)19(26,27)28/h1-8,15H. The summed E-state index contributed by atoms with van der Waals surface area (Å²) in [5.74, 6) is 0. The first kappa shape index (κ1) is 22.8. The average molecular weight is 530 g/mol. The van der Waals surface area contributed by atoms with Gasteiger partial charge in [0.1, 0.15) is 0 Å². The van der Waals surface area contributed by atoms with Gasteiger partial charge in [0.05, 0.1) is 22.2 Å². The average Bonchev–Trinajstić information content (AvgIpc) is 2.92. The van der Waals surface area contributed by atoms with Gasteiger partial charge in [-0.15, -0.1) is 0 Å². The molecule has 0 fully saturated rings. The second kappa shape index (κ2) is 7.66. The minimum atomic E-state index is -5.83. The van der Waals surface area contributed by atoms with E-state index in [2.05, 4.69) is 15.9 Å². The molecule has 11 heteroatoms. The van der Waals surface area contributed by atoms with Crippen LogP contribution in [0.2, 0.25) is 10.0 Å². The van der Waals surface area contributed by atoms with Crippen LogP contribution in [0.25, 0.3) is 0 Å². The molecule has 1 aliphatic rings. The van der Waals surface area contributed by atoms with E-state index in [9.17, 15) is 31.6 Å². The molecule has 1 heterocycles. The van der Waals surface area contributed by atoms with E-state index in [1.54, 1.807) is 0 Å². The van der Waals surface area contributed by atoms with Gasteiger partial charge < -0.3 is 4.90 Å². The molecule has 1 aliphatic heterocycles. The van der Waals surface area contributed by atoms with Crippen LogP contribution in [-0.4, -0.2) is 17.9 Å². The fraction of sp³-hybridized carbons (Fsp3) is 0.211. The van der Waals surface area contributed by atoms with Gasteiger partial charge >= 0.3 is 12.4 Å². The molecule has 0 saturated heterocycles. The van der Waals surface area contributed by atoms with E-state index in [0.717, 1.165) is 12.1 Å². The van der Waals surface area contributed by atoms with Crippen molar-refractivity contribution in [3.8, 4) is 6.07 Å². The second-order valence-corrected chi connectivity index (χ2v) is 8.01. The summed E-state index contributed by atoms with van der Waals surface area (Å²) in [7, 11) is 0. The lowest BCUT2D eigenvalue weighted by molar-refractivity contribution is -0.280. The van der Waals surface area contributed by atoms with Gasteiger partial charge in [-0.2, -0.15) is 31.6 Å². The van der Waals surface area contributed by atoms with Gasteiger partial charge in [-0.05, 0) is 42.0 Å². The van der Waals surface area contributed by atoms with Crippen LogP contribution in [0.1, 0.15) is 11.6 Å². The Balaban J connectivity index is 2.43. The van der Waals surface area contributed by atoms with Crippen LogP contribution in [0.3, 0.4) is 0 Å². The highest BCUT2D eigenvalue weighted by Crippen LogP contribution is 2.63. The molecular weight excluding hydrogens is 521 g/mol. The van der Waals surface area contributed by atoms with Crippen molar-refractivity contribution < 1.29 is 26.3 Å². The Labute approximate surface area is 185 Å². The first-order chi connectivity index (χ1) is 13.9. The second-order valence-electron chi connectivity index (χ2n) is 6.35. The maximum Gasteiger partial charge on any atom is 0.425 e. The molecule has 0 N–H and O–H groups in total. The van der Waals surface area contributed by atoms with Gasteiger partial charge in [0.15, 0.2) is 0 Å². The molecule has 0 spiro atoms. The topological polar surface area (TPSA) is 27.0 Å². The molecule has 158 valence electrons. The maximum absolute atomic E-state index is 14.3. The van der Waals surface area contributed by atoms with Crippen molar-refractivity contribution >= 4 is 44.8 Å². The van der Waals surface area contributed by atoms with E-state index in [-0.39, 0.29) is 20.5 Å². The molecule has 1 atom stereocenters. The summed E-state index contributed by atoms with van der Waals surface area (Å²) in [5, 5.41) is 9.90. The highest BCUT2D eigenvalue weighted by molar-refractivity contribution is 9.11. The SMILES string of the molecule is N#CC1=C(Br)C(C(F)(F)F)(C(F)(F)F)N(c2ccc(Cl)cc2)C1c1ccc(Cl)cc1. The summed E-state index contributed by atoms with van der Waals surface area (Å²) in [4.78, 5) is 0.148. The number of alkyl halides is 6. The van der Waals surface area contributed by atoms with E-state index in [1.165, 1.54) is 42.5 Å². The molecule has 0 radical (unpaired) electrons. The van der Waals surface area contributed by atoms with Gasteiger partial charge in [0.25, 0.3) is 5.54 Å². The summed E-state index contributed by atoms with van der Waals surface area (Å²) < 4.78 is 84.2. The van der Waals surface area contributed by atoms with Crippen LogP contribution < -0.4 is 4.90 Å². The number of nitrogens with zero attached hydrogens (tertiary/aromatic N) is 2. The molecule has 0 aliphatic carbocycles. The zero-order chi connectivity index (χ0) is 22.5. The molecule has 2 nitrogen and oxygen atoms in total. The molecule has 1 unspecified atom stereocenters. The fourth-order valence-corrected chi connectivity index (χ4v) is 4.64. The quantitative estimate of drug-likeness (QED) is 0.375. The first-order valence-corrected chi connectivity index (χ1v) is 9.65. The number of halogens is 9. The van der Waals surface area contributed by atoms with E-state index >= 15 is 0 Å². The zero-order valence-electron chi connectivity index (χ0n) is 14.5. The van der Waals surface area contributed by atoms with Gasteiger partial charge in [-0.3, -0.25) is 0 Å². The Morgan fingerprint density at radius 1 is 0.867 bits per heavy atom. The molecule has 3 rings (SSSR count). The van der Waals surface area contributed by atoms with Gasteiger partial charge in [-0.25, -0.2) is 0 Å². The van der Waals surface area contributed by atoms with Crippen molar-refractivity contribution in [2.24, 2.45) is 0 Å². The smallest absolute Gasteiger partial charge is 0.334 e. The lowest BCUT2D eigenvalue weighted by Gasteiger charge is -2.45. The molecule has 2 aromatic rings. The third-order valence-corrected chi connectivity index (χ3v) is 6.18. The predicted molar refractivity (Wildman–Crippen MR) is 105 cm³/mol. The molecule has 0 bridgehead atoms. The van der Waals surface area contributed by atoms with Gasteiger partial charge in [-0.1, -0.05) is 51.3 Å². The summed E-state index contributed by atoms with van der Waals surface area (Å²) in [6, 6.07) is 9.44. The zero-order valence-corrected chi connectivity index (χ0v) is 17.6. The van der Waals surface area contributed by atoms with Crippen molar-refractivity contribution in [3.63, 3.8) is 0 Å². The Morgan fingerprint density at radius 3 is 1.70 bits per heavy atom. The van der Waals surface area contributed by atoms with Gasteiger partial charge in [0.2, 0.25) is 0 Å². The van der Waals surface area contributed by atoms with E-state index < -0.39 is 39.7 Å². The lowest BCUT2D eigenvalue weighted by Crippen LogP contribution is -2.66.